The molecule has 0 radical (unpaired) electrons. The second-order valence-corrected chi connectivity index (χ2v) is 6.72. The van der Waals surface area contributed by atoms with Crippen LogP contribution >= 0.6 is 0 Å². The van der Waals surface area contributed by atoms with Gasteiger partial charge in [-0.3, -0.25) is 14.5 Å². The van der Waals surface area contributed by atoms with Crippen molar-refractivity contribution in [1.29, 1.82) is 0 Å². The van der Waals surface area contributed by atoms with Crippen LogP contribution in [0.3, 0.4) is 0 Å². The van der Waals surface area contributed by atoms with Gasteiger partial charge in [-0.25, -0.2) is 4.98 Å². The summed E-state index contributed by atoms with van der Waals surface area (Å²) in [5.74, 6) is 6.51. The van der Waals surface area contributed by atoms with Crippen LogP contribution in [0.5, 0.6) is 0 Å². The fourth-order valence-corrected chi connectivity index (χ4v) is 3.63. The highest BCUT2D eigenvalue weighted by molar-refractivity contribution is 6.09. The Morgan fingerprint density at radius 2 is 2.04 bits per heavy atom. The molecule has 25 heavy (non-hydrogen) atoms. The molecule has 0 atom stereocenters. The van der Waals surface area contributed by atoms with E-state index in [1.807, 2.05) is 18.3 Å². The van der Waals surface area contributed by atoms with Gasteiger partial charge in [-0.1, -0.05) is 0 Å². The van der Waals surface area contributed by atoms with Crippen molar-refractivity contribution in [3.8, 4) is 0 Å². The molecule has 6 heteroatoms. The molecule has 3 heterocycles. The number of nitrogen functional groups attached to an aromatic ring is 1. The van der Waals surface area contributed by atoms with Gasteiger partial charge in [-0.05, 0) is 62.7 Å². The van der Waals surface area contributed by atoms with E-state index in [-0.39, 0.29) is 5.78 Å². The summed E-state index contributed by atoms with van der Waals surface area (Å²) >= 11 is 0. The van der Waals surface area contributed by atoms with E-state index in [2.05, 4.69) is 21.9 Å². The lowest BCUT2D eigenvalue weighted by Gasteiger charge is -2.28. The standard InChI is InChI=1S/C19H21N5O/c1-23-8-4-13(5-9-23)16-12-24(20)18-3-2-14(10-15(16)18)19(25)17-11-21-6-7-22-17/h2-3,6-7,10-13H,4-5,8-9,20H2,1H3. The van der Waals surface area contributed by atoms with Gasteiger partial charge in [0.25, 0.3) is 0 Å². The summed E-state index contributed by atoms with van der Waals surface area (Å²) in [5, 5.41) is 1.06. The van der Waals surface area contributed by atoms with Crippen molar-refractivity contribution >= 4 is 16.7 Å². The summed E-state index contributed by atoms with van der Waals surface area (Å²) < 4.78 is 1.67. The lowest BCUT2D eigenvalue weighted by Crippen LogP contribution is -2.29. The van der Waals surface area contributed by atoms with Crippen molar-refractivity contribution in [1.82, 2.24) is 19.5 Å². The summed E-state index contributed by atoms with van der Waals surface area (Å²) in [6.07, 6.45) is 8.82. The Labute approximate surface area is 146 Å². The molecule has 1 fully saturated rings. The van der Waals surface area contributed by atoms with Gasteiger partial charge >= 0.3 is 0 Å². The van der Waals surface area contributed by atoms with E-state index in [0.717, 1.165) is 36.8 Å². The van der Waals surface area contributed by atoms with Crippen LogP contribution in [-0.4, -0.2) is 45.5 Å². The van der Waals surface area contributed by atoms with Gasteiger partial charge in [0.05, 0.1) is 11.7 Å². The van der Waals surface area contributed by atoms with Crippen molar-refractivity contribution in [3.05, 3.63) is 59.8 Å². The van der Waals surface area contributed by atoms with Gasteiger partial charge < -0.3 is 10.7 Å². The highest BCUT2D eigenvalue weighted by Crippen LogP contribution is 2.34. The monoisotopic (exact) mass is 335 g/mol. The fraction of sp³-hybridized carbons (Fsp3) is 0.316. The molecule has 0 amide bonds. The van der Waals surface area contributed by atoms with Crippen LogP contribution in [0.25, 0.3) is 10.9 Å². The summed E-state index contributed by atoms with van der Waals surface area (Å²) in [4.78, 5) is 23.1. The first kappa shape index (κ1) is 15.8. The first-order valence-corrected chi connectivity index (χ1v) is 8.53. The molecule has 1 aromatic carbocycles. The van der Waals surface area contributed by atoms with Gasteiger partial charge in [0.2, 0.25) is 5.78 Å². The highest BCUT2D eigenvalue weighted by atomic mass is 16.1. The number of benzene rings is 1. The summed E-state index contributed by atoms with van der Waals surface area (Å²) in [6.45, 7) is 2.17. The van der Waals surface area contributed by atoms with Crippen LogP contribution in [0.2, 0.25) is 0 Å². The number of aromatic nitrogens is 3. The number of rotatable bonds is 3. The van der Waals surface area contributed by atoms with Crippen LogP contribution < -0.4 is 5.84 Å². The molecule has 0 aliphatic carbocycles. The number of nitrogens with zero attached hydrogens (tertiary/aromatic N) is 4. The molecule has 2 N–H and O–H groups in total. The van der Waals surface area contributed by atoms with Crippen LogP contribution in [0.4, 0.5) is 0 Å². The molecule has 0 saturated carbocycles. The Morgan fingerprint density at radius 3 is 2.76 bits per heavy atom. The van der Waals surface area contributed by atoms with Crippen molar-refractivity contribution in [2.24, 2.45) is 0 Å². The van der Waals surface area contributed by atoms with Crippen molar-refractivity contribution in [2.45, 2.75) is 18.8 Å². The minimum absolute atomic E-state index is 0.117. The summed E-state index contributed by atoms with van der Waals surface area (Å²) in [6, 6.07) is 5.67. The number of hydrogen-bond acceptors (Lipinski definition) is 5. The van der Waals surface area contributed by atoms with E-state index < -0.39 is 0 Å². The second-order valence-electron chi connectivity index (χ2n) is 6.72. The number of piperidine rings is 1. The number of hydrogen-bond donors (Lipinski definition) is 1. The quantitative estimate of drug-likeness (QED) is 0.586. The third-order valence-electron chi connectivity index (χ3n) is 5.08. The van der Waals surface area contributed by atoms with Gasteiger partial charge in [-0.15, -0.1) is 0 Å². The maximum absolute atomic E-state index is 12.7. The highest BCUT2D eigenvalue weighted by Gasteiger charge is 2.23. The number of nitrogens with two attached hydrogens (primary N) is 1. The van der Waals surface area contributed by atoms with Gasteiger partial charge in [0.1, 0.15) is 5.69 Å². The fourth-order valence-electron chi connectivity index (χ4n) is 3.63. The zero-order chi connectivity index (χ0) is 17.4. The second kappa shape index (κ2) is 6.29. The van der Waals surface area contributed by atoms with E-state index in [4.69, 9.17) is 5.84 Å². The molecular weight excluding hydrogens is 314 g/mol. The Bertz CT molecular complexity index is 910. The molecule has 0 bridgehead atoms. The Kier molecular flexibility index (Phi) is 3.97. The lowest BCUT2D eigenvalue weighted by atomic mass is 9.89. The zero-order valence-electron chi connectivity index (χ0n) is 14.2. The molecule has 4 rings (SSSR count). The van der Waals surface area contributed by atoms with Gasteiger partial charge in [0, 0.05) is 29.5 Å². The number of carbonyl (C=O) groups excluding carboxylic acids is 1. The van der Waals surface area contributed by atoms with Crippen molar-refractivity contribution < 1.29 is 4.79 Å². The van der Waals surface area contributed by atoms with E-state index in [9.17, 15) is 4.79 Å². The van der Waals surface area contributed by atoms with Crippen LogP contribution in [0, 0.1) is 0 Å². The number of carbonyl (C=O) groups is 1. The van der Waals surface area contributed by atoms with E-state index in [1.165, 1.54) is 18.0 Å². The maximum Gasteiger partial charge on any atom is 0.212 e. The number of ketones is 1. The topological polar surface area (TPSA) is 77.0 Å². The molecule has 0 spiro atoms. The average Bonchev–Trinajstić information content (AvgIpc) is 2.99. The molecule has 6 nitrogen and oxygen atoms in total. The van der Waals surface area contributed by atoms with E-state index in [0.29, 0.717) is 17.2 Å². The Balaban J connectivity index is 1.74. The minimum atomic E-state index is -0.117. The molecule has 1 aliphatic heterocycles. The third-order valence-corrected chi connectivity index (χ3v) is 5.08. The van der Waals surface area contributed by atoms with Gasteiger partial charge in [0.15, 0.2) is 0 Å². The maximum atomic E-state index is 12.7. The third kappa shape index (κ3) is 2.89. The predicted molar refractivity (Wildman–Crippen MR) is 97.0 cm³/mol. The van der Waals surface area contributed by atoms with Crippen LogP contribution in [0.1, 0.15) is 40.4 Å². The first-order chi connectivity index (χ1) is 12.1. The predicted octanol–water partition coefficient (Wildman–Crippen LogP) is 2.19. The van der Waals surface area contributed by atoms with Crippen LogP contribution in [0.15, 0.2) is 43.0 Å². The van der Waals surface area contributed by atoms with E-state index in [1.54, 1.807) is 16.9 Å². The van der Waals surface area contributed by atoms with E-state index >= 15 is 0 Å². The molecule has 1 aliphatic rings. The molecule has 0 unspecified atom stereocenters. The smallest absolute Gasteiger partial charge is 0.212 e. The van der Waals surface area contributed by atoms with Crippen molar-refractivity contribution in [2.75, 3.05) is 26.0 Å². The normalized spacial score (nSPS) is 16.4. The molecular formula is C19H21N5O. The minimum Gasteiger partial charge on any atom is -0.339 e. The molecule has 1 saturated heterocycles. The Hall–Kier alpha value is -2.73. The zero-order valence-corrected chi connectivity index (χ0v) is 14.2. The van der Waals surface area contributed by atoms with Gasteiger partial charge in [-0.2, -0.15) is 0 Å². The molecule has 3 aromatic rings. The number of fused-ring (bicyclic) bond motifs is 1. The average molecular weight is 335 g/mol. The molecule has 128 valence electrons. The number of likely N-dealkylation sites (tertiary alicyclic amines) is 1. The SMILES string of the molecule is CN1CCC(c2cn(N)c3ccc(C(=O)c4cnccn4)cc23)CC1. The van der Waals surface area contributed by atoms with Crippen LogP contribution in [-0.2, 0) is 0 Å². The molecule has 2 aromatic heterocycles. The van der Waals surface area contributed by atoms with Crippen molar-refractivity contribution in [3.63, 3.8) is 0 Å². The largest absolute Gasteiger partial charge is 0.339 e. The first-order valence-electron chi connectivity index (χ1n) is 8.53. The lowest BCUT2D eigenvalue weighted by molar-refractivity contribution is 0.103. The summed E-state index contributed by atoms with van der Waals surface area (Å²) in [7, 11) is 2.15. The summed E-state index contributed by atoms with van der Waals surface area (Å²) in [5.41, 5.74) is 3.16. The Morgan fingerprint density at radius 1 is 1.24 bits per heavy atom.